The summed E-state index contributed by atoms with van der Waals surface area (Å²) in [7, 11) is 0. The minimum Gasteiger partial charge on any atom is -0.393 e. The molecule has 2 saturated carbocycles. The van der Waals surface area contributed by atoms with Crippen LogP contribution in [-0.4, -0.2) is 23.3 Å². The third kappa shape index (κ3) is 2.73. The summed E-state index contributed by atoms with van der Waals surface area (Å²) in [5.74, 6) is 1.66. The van der Waals surface area contributed by atoms with Gasteiger partial charge in [-0.25, -0.2) is 0 Å². The zero-order chi connectivity index (χ0) is 10.8. The number of hydrogen-bond acceptors (Lipinski definition) is 2. The fraction of sp³-hybridized carbons (Fsp3) is 1.00. The van der Waals surface area contributed by atoms with E-state index in [1.807, 2.05) is 0 Å². The second-order valence-corrected chi connectivity index (χ2v) is 5.79. The SMILES string of the molecule is CC(C)C1CCCCC1NC1CC(O)C1. The molecule has 0 bridgehead atoms. The van der Waals surface area contributed by atoms with Gasteiger partial charge in [0.15, 0.2) is 0 Å². The number of aliphatic hydroxyl groups is 1. The third-order valence-electron chi connectivity index (χ3n) is 4.24. The van der Waals surface area contributed by atoms with E-state index < -0.39 is 0 Å². The van der Waals surface area contributed by atoms with Gasteiger partial charge in [-0.15, -0.1) is 0 Å². The van der Waals surface area contributed by atoms with Crippen LogP contribution in [0.5, 0.6) is 0 Å². The van der Waals surface area contributed by atoms with Crippen LogP contribution in [-0.2, 0) is 0 Å². The highest BCUT2D eigenvalue weighted by molar-refractivity contribution is 4.91. The molecule has 2 N–H and O–H groups in total. The maximum Gasteiger partial charge on any atom is 0.0570 e. The Bertz CT molecular complexity index is 199. The lowest BCUT2D eigenvalue weighted by molar-refractivity contribution is 0.0469. The Kier molecular flexibility index (Phi) is 3.68. The highest BCUT2D eigenvalue weighted by Crippen LogP contribution is 2.32. The Morgan fingerprint density at radius 3 is 2.40 bits per heavy atom. The van der Waals surface area contributed by atoms with Gasteiger partial charge in [0, 0.05) is 12.1 Å². The summed E-state index contributed by atoms with van der Waals surface area (Å²) >= 11 is 0. The van der Waals surface area contributed by atoms with Crippen molar-refractivity contribution in [2.45, 2.75) is 70.6 Å². The molecular formula is C13H25NO. The van der Waals surface area contributed by atoms with Gasteiger partial charge < -0.3 is 10.4 Å². The monoisotopic (exact) mass is 211 g/mol. The van der Waals surface area contributed by atoms with Crippen molar-refractivity contribution in [2.24, 2.45) is 11.8 Å². The van der Waals surface area contributed by atoms with E-state index in [0.717, 1.165) is 30.7 Å². The first-order valence-corrected chi connectivity index (χ1v) is 6.61. The average molecular weight is 211 g/mol. The Balaban J connectivity index is 1.82. The lowest BCUT2D eigenvalue weighted by Crippen LogP contribution is -2.52. The first-order chi connectivity index (χ1) is 7.16. The van der Waals surface area contributed by atoms with Crippen LogP contribution in [0.25, 0.3) is 0 Å². The van der Waals surface area contributed by atoms with Crippen molar-refractivity contribution in [2.75, 3.05) is 0 Å². The molecule has 2 rings (SSSR count). The Hall–Kier alpha value is -0.0800. The van der Waals surface area contributed by atoms with E-state index in [1.54, 1.807) is 0 Å². The molecule has 0 radical (unpaired) electrons. The molecule has 2 atom stereocenters. The molecule has 0 amide bonds. The highest BCUT2D eigenvalue weighted by atomic mass is 16.3. The summed E-state index contributed by atoms with van der Waals surface area (Å²) in [6, 6.07) is 1.32. The van der Waals surface area contributed by atoms with Gasteiger partial charge >= 0.3 is 0 Å². The van der Waals surface area contributed by atoms with Crippen molar-refractivity contribution in [3.63, 3.8) is 0 Å². The van der Waals surface area contributed by atoms with E-state index >= 15 is 0 Å². The van der Waals surface area contributed by atoms with Crippen LogP contribution in [0.4, 0.5) is 0 Å². The van der Waals surface area contributed by atoms with Gasteiger partial charge in [0.2, 0.25) is 0 Å². The lowest BCUT2D eigenvalue weighted by atomic mass is 9.76. The second kappa shape index (κ2) is 4.84. The maximum absolute atomic E-state index is 9.28. The number of rotatable bonds is 3. The van der Waals surface area contributed by atoms with Crippen molar-refractivity contribution >= 4 is 0 Å². The summed E-state index contributed by atoms with van der Waals surface area (Å²) in [4.78, 5) is 0. The van der Waals surface area contributed by atoms with Gasteiger partial charge in [-0.1, -0.05) is 26.7 Å². The van der Waals surface area contributed by atoms with E-state index in [9.17, 15) is 5.11 Å². The molecule has 0 heterocycles. The molecule has 0 aromatic heterocycles. The minimum atomic E-state index is -0.0245. The first-order valence-electron chi connectivity index (χ1n) is 6.61. The normalized spacial score (nSPS) is 41.6. The van der Waals surface area contributed by atoms with E-state index in [2.05, 4.69) is 19.2 Å². The predicted octanol–water partition coefficient (Wildman–Crippen LogP) is 2.31. The fourth-order valence-corrected chi connectivity index (χ4v) is 3.19. The number of nitrogens with one attached hydrogen (secondary N) is 1. The maximum atomic E-state index is 9.28. The van der Waals surface area contributed by atoms with Gasteiger partial charge in [0.05, 0.1) is 6.10 Å². The molecule has 88 valence electrons. The van der Waals surface area contributed by atoms with E-state index in [-0.39, 0.29) is 6.10 Å². The molecule has 15 heavy (non-hydrogen) atoms. The lowest BCUT2D eigenvalue weighted by Gasteiger charge is -2.41. The average Bonchev–Trinajstić information content (AvgIpc) is 2.16. The topological polar surface area (TPSA) is 32.3 Å². The molecule has 2 nitrogen and oxygen atoms in total. The summed E-state index contributed by atoms with van der Waals surface area (Å²) in [5, 5.41) is 13.0. The van der Waals surface area contributed by atoms with Gasteiger partial charge in [0.25, 0.3) is 0 Å². The van der Waals surface area contributed by atoms with E-state index in [4.69, 9.17) is 0 Å². The van der Waals surface area contributed by atoms with E-state index in [1.165, 1.54) is 25.7 Å². The molecule has 0 aliphatic heterocycles. The summed E-state index contributed by atoms with van der Waals surface area (Å²) in [6.07, 6.45) is 7.45. The standard InChI is InChI=1S/C13H25NO/c1-9(2)12-5-3-4-6-13(12)14-10-7-11(15)8-10/h9-15H,3-8H2,1-2H3. The van der Waals surface area contributed by atoms with Crippen molar-refractivity contribution < 1.29 is 5.11 Å². The molecule has 0 aromatic carbocycles. The quantitative estimate of drug-likeness (QED) is 0.751. The molecule has 2 unspecified atom stereocenters. The molecule has 2 fully saturated rings. The predicted molar refractivity (Wildman–Crippen MR) is 62.7 cm³/mol. The summed E-state index contributed by atoms with van der Waals surface area (Å²) in [6.45, 7) is 4.70. The first kappa shape index (κ1) is 11.4. The zero-order valence-corrected chi connectivity index (χ0v) is 10.1. The Morgan fingerprint density at radius 2 is 1.80 bits per heavy atom. The molecule has 2 heteroatoms. The zero-order valence-electron chi connectivity index (χ0n) is 10.1. The molecular weight excluding hydrogens is 186 g/mol. The van der Waals surface area contributed by atoms with Gasteiger partial charge in [-0.3, -0.25) is 0 Å². The van der Waals surface area contributed by atoms with Crippen LogP contribution in [0.15, 0.2) is 0 Å². The molecule has 0 spiro atoms. The molecule has 0 aromatic rings. The Labute approximate surface area is 93.5 Å². The van der Waals surface area contributed by atoms with Crippen LogP contribution in [0.1, 0.15) is 52.4 Å². The minimum absolute atomic E-state index is 0.0245. The fourth-order valence-electron chi connectivity index (χ4n) is 3.19. The van der Waals surface area contributed by atoms with Gasteiger partial charge in [-0.2, -0.15) is 0 Å². The Morgan fingerprint density at radius 1 is 1.13 bits per heavy atom. The third-order valence-corrected chi connectivity index (χ3v) is 4.24. The molecule has 2 aliphatic rings. The smallest absolute Gasteiger partial charge is 0.0570 e. The number of aliphatic hydroxyl groups excluding tert-OH is 1. The van der Waals surface area contributed by atoms with Crippen LogP contribution in [0.2, 0.25) is 0 Å². The van der Waals surface area contributed by atoms with Crippen LogP contribution < -0.4 is 5.32 Å². The number of hydrogen-bond donors (Lipinski definition) is 2. The largest absolute Gasteiger partial charge is 0.393 e. The van der Waals surface area contributed by atoms with Gasteiger partial charge in [0.1, 0.15) is 0 Å². The van der Waals surface area contributed by atoms with Crippen LogP contribution in [0.3, 0.4) is 0 Å². The molecule has 0 saturated heterocycles. The van der Waals surface area contributed by atoms with Crippen molar-refractivity contribution in [1.82, 2.24) is 5.32 Å². The summed E-state index contributed by atoms with van der Waals surface area (Å²) < 4.78 is 0. The van der Waals surface area contributed by atoms with E-state index in [0.29, 0.717) is 6.04 Å². The second-order valence-electron chi connectivity index (χ2n) is 5.79. The van der Waals surface area contributed by atoms with Crippen LogP contribution in [0, 0.1) is 11.8 Å². The van der Waals surface area contributed by atoms with Crippen LogP contribution >= 0.6 is 0 Å². The molecule has 2 aliphatic carbocycles. The van der Waals surface area contributed by atoms with Gasteiger partial charge in [-0.05, 0) is 37.5 Å². The summed E-state index contributed by atoms with van der Waals surface area (Å²) in [5.41, 5.74) is 0. The van der Waals surface area contributed by atoms with Crippen molar-refractivity contribution in [3.8, 4) is 0 Å². The highest BCUT2D eigenvalue weighted by Gasteiger charge is 2.33. The van der Waals surface area contributed by atoms with Crippen molar-refractivity contribution in [1.29, 1.82) is 0 Å². The van der Waals surface area contributed by atoms with Crippen molar-refractivity contribution in [3.05, 3.63) is 0 Å².